The summed E-state index contributed by atoms with van der Waals surface area (Å²) in [6, 6.07) is -0.0272. The van der Waals surface area contributed by atoms with Gasteiger partial charge in [-0.3, -0.25) is 4.79 Å². The van der Waals surface area contributed by atoms with Crippen molar-refractivity contribution in [1.82, 2.24) is 0 Å². The SMILES string of the molecule is C=C(Cl)C[C@H]1C[C@@H]([C@@H](N)CC2CCCCC2)OC1=O.Cl. The summed E-state index contributed by atoms with van der Waals surface area (Å²) in [4.78, 5) is 11.7. The summed E-state index contributed by atoms with van der Waals surface area (Å²) in [5, 5.41) is 0.517. The minimum absolute atomic E-state index is 0. The summed E-state index contributed by atoms with van der Waals surface area (Å²) in [7, 11) is 0. The van der Waals surface area contributed by atoms with E-state index in [2.05, 4.69) is 6.58 Å². The zero-order valence-corrected chi connectivity index (χ0v) is 13.4. The molecule has 0 spiro atoms. The molecule has 2 fully saturated rings. The lowest BCUT2D eigenvalue weighted by Gasteiger charge is -2.26. The van der Waals surface area contributed by atoms with Crippen LogP contribution in [-0.2, 0) is 9.53 Å². The van der Waals surface area contributed by atoms with Gasteiger partial charge in [-0.1, -0.05) is 50.3 Å². The average Bonchev–Trinajstić information content (AvgIpc) is 2.71. The molecule has 2 N–H and O–H groups in total. The van der Waals surface area contributed by atoms with Gasteiger partial charge in [0.2, 0.25) is 0 Å². The summed E-state index contributed by atoms with van der Waals surface area (Å²) >= 11 is 5.77. The summed E-state index contributed by atoms with van der Waals surface area (Å²) < 4.78 is 5.41. The zero-order valence-electron chi connectivity index (χ0n) is 11.9. The second-order valence-corrected chi connectivity index (χ2v) is 6.57. The first-order valence-corrected chi connectivity index (χ1v) is 7.73. The quantitative estimate of drug-likeness (QED) is 0.784. The third-order valence-electron chi connectivity index (χ3n) is 4.39. The van der Waals surface area contributed by atoms with Crippen LogP contribution in [0.1, 0.15) is 51.4 Å². The number of hydrogen-bond donors (Lipinski definition) is 1. The van der Waals surface area contributed by atoms with Crippen molar-refractivity contribution in [3.8, 4) is 0 Å². The zero-order chi connectivity index (χ0) is 13.8. The van der Waals surface area contributed by atoms with Gasteiger partial charge in [0.05, 0.1) is 5.92 Å². The Hall–Kier alpha value is -0.250. The first kappa shape index (κ1) is 17.8. The maximum atomic E-state index is 11.7. The van der Waals surface area contributed by atoms with Crippen molar-refractivity contribution in [2.45, 2.75) is 63.5 Å². The van der Waals surface area contributed by atoms with E-state index in [1.807, 2.05) is 0 Å². The Morgan fingerprint density at radius 2 is 2.05 bits per heavy atom. The summed E-state index contributed by atoms with van der Waals surface area (Å²) in [5.74, 6) is 0.405. The van der Waals surface area contributed by atoms with E-state index in [4.69, 9.17) is 22.1 Å². The molecular weight excluding hydrogens is 297 g/mol. The molecule has 2 aliphatic rings. The molecule has 0 unspecified atom stereocenters. The predicted molar refractivity (Wildman–Crippen MR) is 84.0 cm³/mol. The standard InChI is InChI=1S/C15H24ClNO2.ClH/c1-10(16)7-12-9-14(19-15(12)18)13(17)8-11-5-3-2-4-6-11;/h11-14H,1-9,17H2;1H/t12-,13-,14-;/m0./s1. The third-order valence-corrected chi connectivity index (χ3v) is 4.55. The smallest absolute Gasteiger partial charge is 0.309 e. The van der Waals surface area contributed by atoms with Crippen molar-refractivity contribution in [3.63, 3.8) is 0 Å². The van der Waals surface area contributed by atoms with Gasteiger partial charge in [0.15, 0.2) is 0 Å². The molecule has 1 heterocycles. The van der Waals surface area contributed by atoms with Crippen LogP contribution in [-0.4, -0.2) is 18.1 Å². The van der Waals surface area contributed by atoms with Gasteiger partial charge in [0, 0.05) is 11.1 Å². The summed E-state index contributed by atoms with van der Waals surface area (Å²) in [5.41, 5.74) is 6.23. The molecule has 1 saturated heterocycles. The Bertz CT molecular complexity index is 343. The lowest BCUT2D eigenvalue weighted by atomic mass is 9.83. The monoisotopic (exact) mass is 321 g/mol. The maximum Gasteiger partial charge on any atom is 0.309 e. The maximum absolute atomic E-state index is 11.7. The number of carbonyl (C=O) groups excluding carboxylic acids is 1. The first-order chi connectivity index (χ1) is 9.06. The Balaban J connectivity index is 0.00000200. The van der Waals surface area contributed by atoms with Gasteiger partial charge in [-0.15, -0.1) is 12.4 Å². The summed E-state index contributed by atoms with van der Waals surface area (Å²) in [6.45, 7) is 3.64. The molecule has 5 heteroatoms. The Morgan fingerprint density at radius 3 is 2.65 bits per heavy atom. The number of esters is 1. The fourth-order valence-electron chi connectivity index (χ4n) is 3.33. The Labute approximate surface area is 132 Å². The minimum Gasteiger partial charge on any atom is -0.460 e. The van der Waals surface area contributed by atoms with Gasteiger partial charge in [0.25, 0.3) is 0 Å². The fraction of sp³-hybridized carbons (Fsp3) is 0.800. The van der Waals surface area contributed by atoms with E-state index in [9.17, 15) is 4.79 Å². The minimum atomic E-state index is -0.161. The highest BCUT2D eigenvalue weighted by Gasteiger charge is 2.38. The molecule has 0 amide bonds. The van der Waals surface area contributed by atoms with E-state index in [1.54, 1.807) is 0 Å². The summed E-state index contributed by atoms with van der Waals surface area (Å²) in [6.07, 6.45) is 8.58. The van der Waals surface area contributed by atoms with Crippen LogP contribution >= 0.6 is 24.0 Å². The van der Waals surface area contributed by atoms with Crippen LogP contribution in [0.5, 0.6) is 0 Å². The van der Waals surface area contributed by atoms with Crippen LogP contribution < -0.4 is 5.73 Å². The van der Waals surface area contributed by atoms with Crippen LogP contribution in [0, 0.1) is 11.8 Å². The van der Waals surface area contributed by atoms with E-state index in [-0.39, 0.29) is 36.4 Å². The van der Waals surface area contributed by atoms with E-state index in [0.29, 0.717) is 23.8 Å². The Kier molecular flexibility index (Phi) is 7.35. The van der Waals surface area contributed by atoms with E-state index in [0.717, 1.165) is 6.42 Å². The van der Waals surface area contributed by atoms with Gasteiger partial charge >= 0.3 is 5.97 Å². The van der Waals surface area contributed by atoms with Crippen molar-refractivity contribution in [1.29, 1.82) is 0 Å². The van der Waals surface area contributed by atoms with E-state index in [1.165, 1.54) is 32.1 Å². The number of nitrogens with two attached hydrogens (primary N) is 1. The van der Waals surface area contributed by atoms with Crippen LogP contribution in [0.3, 0.4) is 0 Å². The molecule has 3 nitrogen and oxygen atoms in total. The molecule has 1 aliphatic heterocycles. The molecule has 2 rings (SSSR count). The van der Waals surface area contributed by atoms with Gasteiger partial charge in [-0.05, 0) is 25.2 Å². The number of rotatable bonds is 5. The highest BCUT2D eigenvalue weighted by atomic mass is 35.5. The van der Waals surface area contributed by atoms with E-state index >= 15 is 0 Å². The molecule has 1 aliphatic carbocycles. The molecule has 0 aromatic heterocycles. The molecule has 0 radical (unpaired) electrons. The van der Waals surface area contributed by atoms with Gasteiger partial charge in [-0.25, -0.2) is 0 Å². The van der Waals surface area contributed by atoms with Crippen molar-refractivity contribution in [3.05, 3.63) is 11.6 Å². The second kappa shape index (κ2) is 8.26. The topological polar surface area (TPSA) is 52.3 Å². The molecule has 0 bridgehead atoms. The van der Waals surface area contributed by atoms with Crippen LogP contribution in [0.15, 0.2) is 11.6 Å². The van der Waals surface area contributed by atoms with Crippen molar-refractivity contribution >= 4 is 30.0 Å². The molecule has 1 saturated carbocycles. The number of cyclic esters (lactones) is 1. The van der Waals surface area contributed by atoms with Crippen molar-refractivity contribution in [2.75, 3.05) is 0 Å². The number of ether oxygens (including phenoxy) is 1. The first-order valence-electron chi connectivity index (χ1n) is 7.35. The second-order valence-electron chi connectivity index (χ2n) is 6.03. The molecule has 116 valence electrons. The third kappa shape index (κ3) is 4.94. The highest BCUT2D eigenvalue weighted by Crippen LogP contribution is 2.33. The number of carbonyl (C=O) groups is 1. The molecule has 20 heavy (non-hydrogen) atoms. The number of allylic oxidation sites excluding steroid dienone is 1. The van der Waals surface area contributed by atoms with Crippen LogP contribution in [0.25, 0.3) is 0 Å². The van der Waals surface area contributed by atoms with Crippen molar-refractivity contribution < 1.29 is 9.53 Å². The van der Waals surface area contributed by atoms with Crippen LogP contribution in [0.2, 0.25) is 0 Å². The average molecular weight is 322 g/mol. The fourth-order valence-corrected chi connectivity index (χ4v) is 3.51. The molecule has 0 aromatic carbocycles. The van der Waals surface area contributed by atoms with Crippen molar-refractivity contribution in [2.24, 2.45) is 17.6 Å². The van der Waals surface area contributed by atoms with Gasteiger partial charge in [0.1, 0.15) is 6.10 Å². The molecule has 0 aromatic rings. The van der Waals surface area contributed by atoms with Gasteiger partial charge < -0.3 is 10.5 Å². The lowest BCUT2D eigenvalue weighted by molar-refractivity contribution is -0.145. The highest BCUT2D eigenvalue weighted by molar-refractivity contribution is 6.29. The molecule has 3 atom stereocenters. The largest absolute Gasteiger partial charge is 0.460 e. The Morgan fingerprint density at radius 1 is 1.40 bits per heavy atom. The lowest BCUT2D eigenvalue weighted by Crippen LogP contribution is -2.36. The normalized spacial score (nSPS) is 28.6. The number of hydrogen-bond acceptors (Lipinski definition) is 3. The number of halogens is 2. The van der Waals surface area contributed by atoms with Crippen LogP contribution in [0.4, 0.5) is 0 Å². The van der Waals surface area contributed by atoms with E-state index < -0.39 is 0 Å². The molecular formula is C15H25Cl2NO2. The predicted octanol–water partition coefficient (Wildman–Crippen LogP) is 3.78. The van der Waals surface area contributed by atoms with Gasteiger partial charge in [-0.2, -0.15) is 0 Å².